The predicted octanol–water partition coefficient (Wildman–Crippen LogP) is 3.65. The lowest BCUT2D eigenvalue weighted by atomic mass is 10.2. The molecule has 0 N–H and O–H groups in total. The van der Waals surface area contributed by atoms with Crippen molar-refractivity contribution in [3.63, 3.8) is 0 Å². The number of aryl methyl sites for hydroxylation is 2. The van der Waals surface area contributed by atoms with Gasteiger partial charge in [-0.25, -0.2) is 4.39 Å². The molecule has 1 heterocycles. The molecular weight excluding hydrogens is 177 g/mol. The summed E-state index contributed by atoms with van der Waals surface area (Å²) in [7, 11) is 1.85. The molecular formula is C12H16FN. The Morgan fingerprint density at radius 2 is 1.79 bits per heavy atom. The number of hydrogen-bond donors (Lipinski definition) is 0. The third-order valence-electron chi connectivity index (χ3n) is 2.17. The van der Waals surface area contributed by atoms with E-state index in [4.69, 9.17) is 0 Å². The number of aromatic nitrogens is 1. The summed E-state index contributed by atoms with van der Waals surface area (Å²) in [6.45, 7) is 5.78. The molecule has 0 aliphatic rings. The second-order valence-corrected chi connectivity index (χ2v) is 3.06. The monoisotopic (exact) mass is 193 g/mol. The lowest BCUT2D eigenvalue weighted by molar-refractivity contribution is 0.623. The Kier molecular flexibility index (Phi) is 3.28. The van der Waals surface area contributed by atoms with Crippen molar-refractivity contribution in [3.8, 4) is 0 Å². The molecule has 0 fully saturated rings. The molecule has 14 heavy (non-hydrogen) atoms. The zero-order chi connectivity index (χ0) is 10.7. The smallest absolute Gasteiger partial charge is 0.150 e. The van der Waals surface area contributed by atoms with E-state index in [2.05, 4.69) is 0 Å². The zero-order valence-electron chi connectivity index (χ0n) is 9.13. The first-order valence-electron chi connectivity index (χ1n) is 4.90. The highest BCUT2D eigenvalue weighted by Crippen LogP contribution is 2.20. The maximum atomic E-state index is 13.5. The van der Waals surface area contributed by atoms with Crippen molar-refractivity contribution >= 4 is 10.9 Å². The van der Waals surface area contributed by atoms with Gasteiger partial charge in [0, 0.05) is 18.6 Å². The molecule has 76 valence electrons. The summed E-state index contributed by atoms with van der Waals surface area (Å²) < 4.78 is 15.3. The maximum Gasteiger partial charge on any atom is 0.150 e. The first-order valence-corrected chi connectivity index (χ1v) is 4.90. The average Bonchev–Trinajstić information content (AvgIpc) is 2.58. The lowest BCUT2D eigenvalue weighted by Gasteiger charge is -2.00. The van der Waals surface area contributed by atoms with E-state index in [0.717, 1.165) is 5.39 Å². The second kappa shape index (κ2) is 4.27. The Labute approximate surface area is 84.2 Å². The molecule has 1 nitrogen and oxygen atoms in total. The van der Waals surface area contributed by atoms with Crippen molar-refractivity contribution in [2.45, 2.75) is 20.8 Å². The van der Waals surface area contributed by atoms with Crippen LogP contribution in [0.5, 0.6) is 0 Å². The fourth-order valence-corrected chi connectivity index (χ4v) is 1.44. The van der Waals surface area contributed by atoms with Gasteiger partial charge in [0.15, 0.2) is 0 Å². The van der Waals surface area contributed by atoms with E-state index in [1.807, 2.05) is 39.2 Å². The van der Waals surface area contributed by atoms with E-state index < -0.39 is 0 Å². The molecule has 0 bridgehead atoms. The Hall–Kier alpha value is -1.31. The first-order chi connectivity index (χ1) is 6.70. The first kappa shape index (κ1) is 10.8. The van der Waals surface area contributed by atoms with Gasteiger partial charge < -0.3 is 4.57 Å². The van der Waals surface area contributed by atoms with Gasteiger partial charge in [0.25, 0.3) is 0 Å². The molecule has 0 saturated heterocycles. The van der Waals surface area contributed by atoms with E-state index in [-0.39, 0.29) is 5.82 Å². The van der Waals surface area contributed by atoms with E-state index in [9.17, 15) is 4.39 Å². The van der Waals surface area contributed by atoms with Crippen molar-refractivity contribution in [1.29, 1.82) is 0 Å². The van der Waals surface area contributed by atoms with Crippen LogP contribution in [0.25, 0.3) is 10.9 Å². The van der Waals surface area contributed by atoms with Gasteiger partial charge in [-0.05, 0) is 18.6 Å². The minimum absolute atomic E-state index is 0.111. The molecule has 2 aromatic rings. The van der Waals surface area contributed by atoms with Crippen LogP contribution >= 0.6 is 0 Å². The summed E-state index contributed by atoms with van der Waals surface area (Å²) in [5.74, 6) is -0.111. The minimum Gasteiger partial charge on any atom is -0.348 e. The van der Waals surface area contributed by atoms with Crippen LogP contribution in [0.15, 0.2) is 24.4 Å². The Bertz CT molecular complexity index is 429. The molecule has 0 spiro atoms. The number of benzene rings is 1. The number of halogens is 1. The van der Waals surface area contributed by atoms with Crippen molar-refractivity contribution < 1.29 is 4.39 Å². The van der Waals surface area contributed by atoms with E-state index >= 15 is 0 Å². The number of fused-ring (bicyclic) bond motifs is 1. The number of hydrogen-bond acceptors (Lipinski definition) is 0. The van der Waals surface area contributed by atoms with Crippen molar-refractivity contribution in [1.82, 2.24) is 4.57 Å². The van der Waals surface area contributed by atoms with Gasteiger partial charge in [0.2, 0.25) is 0 Å². The van der Waals surface area contributed by atoms with Crippen molar-refractivity contribution in [2.24, 2.45) is 7.05 Å². The third kappa shape index (κ3) is 1.65. The highest BCUT2D eigenvalue weighted by atomic mass is 19.1. The largest absolute Gasteiger partial charge is 0.348 e. The zero-order valence-corrected chi connectivity index (χ0v) is 9.13. The molecule has 2 heteroatoms. The summed E-state index contributed by atoms with van der Waals surface area (Å²) in [6.07, 6.45) is 1.87. The van der Waals surface area contributed by atoms with Crippen LogP contribution in [0.2, 0.25) is 0 Å². The van der Waals surface area contributed by atoms with Gasteiger partial charge >= 0.3 is 0 Å². The SMILES string of the molecule is CC.Cc1ccc2ccn(C)c2c1F. The van der Waals surface area contributed by atoms with E-state index in [1.165, 1.54) is 0 Å². The van der Waals surface area contributed by atoms with Crippen LogP contribution < -0.4 is 0 Å². The molecule has 0 amide bonds. The number of nitrogens with zero attached hydrogens (tertiary/aromatic N) is 1. The Balaban J connectivity index is 0.000000461. The second-order valence-electron chi connectivity index (χ2n) is 3.06. The molecule has 1 aromatic heterocycles. The Morgan fingerprint density at radius 3 is 2.43 bits per heavy atom. The maximum absolute atomic E-state index is 13.5. The molecule has 0 aliphatic carbocycles. The summed E-state index contributed by atoms with van der Waals surface area (Å²) >= 11 is 0. The molecule has 1 aromatic carbocycles. The summed E-state index contributed by atoms with van der Waals surface area (Å²) in [6, 6.07) is 5.66. The van der Waals surface area contributed by atoms with Crippen LogP contribution in [0.1, 0.15) is 19.4 Å². The average molecular weight is 193 g/mol. The highest BCUT2D eigenvalue weighted by Gasteiger charge is 2.05. The normalized spacial score (nSPS) is 9.79. The van der Waals surface area contributed by atoms with Crippen LogP contribution in [0, 0.1) is 12.7 Å². The van der Waals surface area contributed by atoms with Crippen LogP contribution in [0.3, 0.4) is 0 Å². The standard InChI is InChI=1S/C10H10FN.C2H6/c1-7-3-4-8-5-6-12(2)10(8)9(7)11;1-2/h3-6H,1-2H3;1-2H3. The molecule has 0 radical (unpaired) electrons. The molecule has 0 unspecified atom stereocenters. The van der Waals surface area contributed by atoms with Crippen molar-refractivity contribution in [3.05, 3.63) is 35.8 Å². The predicted molar refractivity (Wildman–Crippen MR) is 59.0 cm³/mol. The van der Waals surface area contributed by atoms with Crippen LogP contribution in [0.4, 0.5) is 4.39 Å². The molecule has 0 saturated carbocycles. The highest BCUT2D eigenvalue weighted by molar-refractivity contribution is 5.81. The molecule has 2 rings (SSSR count). The van der Waals surface area contributed by atoms with Crippen LogP contribution in [-0.2, 0) is 7.05 Å². The molecule has 0 atom stereocenters. The summed E-state index contributed by atoms with van der Waals surface area (Å²) in [4.78, 5) is 0. The minimum atomic E-state index is -0.111. The van der Waals surface area contributed by atoms with Gasteiger partial charge in [-0.15, -0.1) is 0 Å². The van der Waals surface area contributed by atoms with Gasteiger partial charge in [0.1, 0.15) is 5.82 Å². The van der Waals surface area contributed by atoms with Gasteiger partial charge in [-0.1, -0.05) is 26.0 Å². The Morgan fingerprint density at radius 1 is 1.14 bits per heavy atom. The van der Waals surface area contributed by atoms with Gasteiger partial charge in [-0.3, -0.25) is 0 Å². The lowest BCUT2D eigenvalue weighted by Crippen LogP contribution is -1.90. The number of rotatable bonds is 0. The van der Waals surface area contributed by atoms with Crippen molar-refractivity contribution in [2.75, 3.05) is 0 Å². The van der Waals surface area contributed by atoms with Gasteiger partial charge in [0.05, 0.1) is 5.52 Å². The van der Waals surface area contributed by atoms with E-state index in [0.29, 0.717) is 11.1 Å². The van der Waals surface area contributed by atoms with Gasteiger partial charge in [-0.2, -0.15) is 0 Å². The quantitative estimate of drug-likeness (QED) is 0.602. The summed E-state index contributed by atoms with van der Waals surface area (Å²) in [5, 5.41) is 0.959. The topological polar surface area (TPSA) is 4.93 Å². The van der Waals surface area contributed by atoms with E-state index in [1.54, 1.807) is 17.6 Å². The fraction of sp³-hybridized carbons (Fsp3) is 0.333. The molecule has 0 aliphatic heterocycles. The third-order valence-corrected chi connectivity index (χ3v) is 2.17. The fourth-order valence-electron chi connectivity index (χ4n) is 1.44. The van der Waals surface area contributed by atoms with Crippen LogP contribution in [-0.4, -0.2) is 4.57 Å². The summed E-state index contributed by atoms with van der Waals surface area (Å²) in [5.41, 5.74) is 1.39.